The van der Waals surface area contributed by atoms with Crippen LogP contribution in [0.4, 0.5) is 13.2 Å². The standard InChI is InChI=1S/C18H15N.C18H14N.2C11H8N.CHF3O3S.2CH4O.2Ir/c2*1-14-7-5-6-10-17(14)16-11-12-18(19-13-16)15-8-3-2-4-9-15;2*1-2-6-10(7-3-1)11-8-4-5-9-12-11;2-1(3,4)8(5,6)7;2*1-2;;/h2-13H,1H3;2-8,10-13H,1H3;2*1-6,8-9H;(H,5,6,7);2*2H,1H3;;/q;3*-1;;;;;/p-1. The van der Waals surface area contributed by atoms with E-state index in [1.807, 2.05) is 146 Å². The summed E-state index contributed by atoms with van der Waals surface area (Å²) in [6, 6.07) is 80.1. The maximum atomic E-state index is 10.7. The molecule has 10 aromatic rings. The molecule has 396 valence electrons. The van der Waals surface area contributed by atoms with Crippen molar-refractivity contribution in [2.75, 3.05) is 14.2 Å². The molecule has 0 saturated heterocycles. The molecule has 0 aliphatic rings. The summed E-state index contributed by atoms with van der Waals surface area (Å²) < 4.78 is 58.9. The van der Waals surface area contributed by atoms with Gasteiger partial charge in [0.15, 0.2) is 10.1 Å². The van der Waals surface area contributed by atoms with E-state index in [-0.39, 0.29) is 40.2 Å². The van der Waals surface area contributed by atoms with Gasteiger partial charge in [-0.1, -0.05) is 121 Å². The number of aromatic nitrogens is 4. The number of benzene rings is 6. The van der Waals surface area contributed by atoms with Crippen LogP contribution in [0.25, 0.3) is 67.3 Å². The fourth-order valence-electron chi connectivity index (χ4n) is 6.54. The first-order valence-corrected chi connectivity index (χ1v) is 24.0. The van der Waals surface area contributed by atoms with Crippen molar-refractivity contribution in [1.82, 2.24) is 19.9 Å². The van der Waals surface area contributed by atoms with Crippen molar-refractivity contribution < 1.29 is 76.6 Å². The number of aryl methyl sites for hydroxylation is 2. The molecule has 0 bridgehead atoms. The quantitative estimate of drug-likeness (QED) is 0.0942. The number of halogens is 3. The van der Waals surface area contributed by atoms with Gasteiger partial charge in [-0.05, 0) is 76.9 Å². The van der Waals surface area contributed by atoms with Crippen LogP contribution in [-0.4, -0.2) is 62.8 Å². The molecule has 6 aromatic carbocycles. The Morgan fingerprint density at radius 2 is 0.737 bits per heavy atom. The van der Waals surface area contributed by atoms with Gasteiger partial charge in [-0.2, -0.15) is 13.2 Å². The molecule has 0 amide bonds. The number of pyridine rings is 4. The van der Waals surface area contributed by atoms with Crippen LogP contribution in [0.5, 0.6) is 0 Å². The predicted octanol–water partition coefficient (Wildman–Crippen LogP) is 13.6. The molecule has 9 nitrogen and oxygen atoms in total. The first-order chi connectivity index (χ1) is 35.9. The number of nitrogens with zero attached hydrogens (tertiary/aromatic N) is 4. The van der Waals surface area contributed by atoms with E-state index in [9.17, 15) is 13.2 Å². The summed E-state index contributed by atoms with van der Waals surface area (Å²) in [4.78, 5) is 17.5. The maximum Gasteiger partial charge on any atom is 0.485 e. The molecule has 0 aliphatic carbocycles. The minimum atomic E-state index is -6.09. The van der Waals surface area contributed by atoms with Crippen LogP contribution >= 0.6 is 0 Å². The Morgan fingerprint density at radius 1 is 0.408 bits per heavy atom. The van der Waals surface area contributed by atoms with Crippen molar-refractivity contribution in [3.8, 4) is 67.3 Å². The van der Waals surface area contributed by atoms with Crippen LogP contribution in [0.2, 0.25) is 0 Å². The Hall–Kier alpha value is -7.16. The van der Waals surface area contributed by atoms with Crippen LogP contribution in [-0.2, 0) is 50.3 Å². The van der Waals surface area contributed by atoms with E-state index in [0.29, 0.717) is 0 Å². The van der Waals surface area contributed by atoms with Crippen LogP contribution < -0.4 is 0 Å². The average molecular weight is 1400 g/mol. The third-order valence-corrected chi connectivity index (χ3v) is 10.6. The van der Waals surface area contributed by atoms with E-state index < -0.39 is 15.6 Å². The summed E-state index contributed by atoms with van der Waals surface area (Å²) >= 11 is 0. The summed E-state index contributed by atoms with van der Waals surface area (Å²) in [6.45, 7) is 4.24. The van der Waals surface area contributed by atoms with Crippen LogP contribution in [0.15, 0.2) is 237 Å². The summed E-state index contributed by atoms with van der Waals surface area (Å²) in [5.74, 6) is 0. The largest absolute Gasteiger partial charge is 0.741 e. The average Bonchev–Trinajstić information content (AvgIpc) is 3.46. The number of aliphatic hydroxyl groups is 2. The molecule has 0 saturated carbocycles. The van der Waals surface area contributed by atoms with Gasteiger partial charge in [0.1, 0.15) is 0 Å². The maximum absolute atomic E-state index is 10.7. The van der Waals surface area contributed by atoms with Crippen molar-refractivity contribution in [2.24, 2.45) is 0 Å². The second-order valence-corrected chi connectivity index (χ2v) is 16.4. The molecule has 2 N–H and O–H groups in total. The molecule has 4 heterocycles. The van der Waals surface area contributed by atoms with Crippen LogP contribution in [0, 0.1) is 32.0 Å². The Balaban J connectivity index is 0.000000327. The van der Waals surface area contributed by atoms with Crippen molar-refractivity contribution >= 4 is 10.1 Å². The van der Waals surface area contributed by atoms with Crippen LogP contribution in [0.3, 0.4) is 0 Å². The molecule has 0 fully saturated rings. The molecule has 0 spiro atoms. The molecular weight excluding hydrogens is 1340 g/mol. The zero-order valence-electron chi connectivity index (χ0n) is 41.6. The number of hydrogen-bond donors (Lipinski definition) is 2. The Kier molecular flexibility index (Phi) is 30.1. The van der Waals surface area contributed by atoms with Crippen molar-refractivity contribution in [1.29, 1.82) is 0 Å². The summed E-state index contributed by atoms with van der Waals surface area (Å²) in [6.07, 6.45) is 7.45. The summed E-state index contributed by atoms with van der Waals surface area (Å²) in [5.41, 5.74) is 9.86. The molecule has 4 aromatic heterocycles. The minimum Gasteiger partial charge on any atom is -0.741 e. The van der Waals surface area contributed by atoms with Gasteiger partial charge in [-0.3, -0.25) is 4.98 Å². The minimum absolute atomic E-state index is 0. The predicted molar refractivity (Wildman–Crippen MR) is 288 cm³/mol. The van der Waals surface area contributed by atoms with E-state index in [2.05, 4.69) is 131 Å². The first kappa shape index (κ1) is 65.0. The number of hydrogen-bond acceptors (Lipinski definition) is 9. The van der Waals surface area contributed by atoms with E-state index in [1.165, 1.54) is 22.3 Å². The molecular formula is C61H53F3Ir2N4O5S-4. The topological polar surface area (TPSA) is 149 Å². The third kappa shape index (κ3) is 21.6. The van der Waals surface area contributed by atoms with Crippen molar-refractivity contribution in [3.63, 3.8) is 0 Å². The van der Waals surface area contributed by atoms with Gasteiger partial charge < -0.3 is 29.7 Å². The fourth-order valence-corrected chi connectivity index (χ4v) is 6.54. The van der Waals surface area contributed by atoms with E-state index in [4.69, 9.17) is 23.2 Å². The molecule has 10 rings (SSSR count). The smallest absolute Gasteiger partial charge is 0.485 e. The second-order valence-electron chi connectivity index (χ2n) is 15.0. The van der Waals surface area contributed by atoms with Crippen LogP contribution in [0.1, 0.15) is 11.1 Å². The van der Waals surface area contributed by atoms with Gasteiger partial charge in [0, 0.05) is 90.3 Å². The normalized spacial score (nSPS) is 9.87. The molecule has 0 aliphatic heterocycles. The van der Waals surface area contributed by atoms with E-state index >= 15 is 0 Å². The summed E-state index contributed by atoms with van der Waals surface area (Å²) in [5, 5.41) is 14.0. The SMILES string of the molecule is CO.CO.Cc1ccccc1-c1ccc(-c2[c-]cccc2)nc1.Cc1ccccc1-c1ccc(-c2ccccc2)nc1.O=S(=O)([O-])C(F)(F)F.[Ir].[Ir].[c-]1ccccc1-c1ccccn1.[c-]1ccccc1-c1ccccn1. The molecule has 2 radical (unpaired) electrons. The Bertz CT molecular complexity index is 2940. The number of alkyl halides is 3. The van der Waals surface area contributed by atoms with Gasteiger partial charge in [-0.25, -0.2) is 8.42 Å². The Labute approximate surface area is 470 Å². The molecule has 76 heavy (non-hydrogen) atoms. The van der Waals surface area contributed by atoms with Gasteiger partial charge >= 0.3 is 5.51 Å². The zero-order valence-corrected chi connectivity index (χ0v) is 47.2. The number of aliphatic hydroxyl groups excluding tert-OH is 2. The second kappa shape index (κ2) is 35.2. The zero-order chi connectivity index (χ0) is 53.6. The van der Waals surface area contributed by atoms with Crippen molar-refractivity contribution in [2.45, 2.75) is 19.4 Å². The monoisotopic (exact) mass is 1400 g/mol. The van der Waals surface area contributed by atoms with Crippen molar-refractivity contribution in [3.05, 3.63) is 266 Å². The van der Waals surface area contributed by atoms with Gasteiger partial charge in [0.2, 0.25) is 0 Å². The van der Waals surface area contributed by atoms with Gasteiger partial charge in [0.25, 0.3) is 0 Å². The van der Waals surface area contributed by atoms with Gasteiger partial charge in [0.05, 0.1) is 5.69 Å². The first-order valence-electron chi connectivity index (χ1n) is 22.6. The fraction of sp³-hybridized carbons (Fsp3) is 0.0820. The summed E-state index contributed by atoms with van der Waals surface area (Å²) in [7, 11) is -4.09. The molecule has 0 unspecified atom stereocenters. The van der Waals surface area contributed by atoms with Gasteiger partial charge in [-0.15, -0.1) is 108 Å². The van der Waals surface area contributed by atoms with E-state index in [1.54, 1.807) is 12.4 Å². The third-order valence-electron chi connectivity index (χ3n) is 10.1. The molecule has 0 atom stereocenters. The molecule has 15 heteroatoms. The Morgan fingerprint density at radius 3 is 1.04 bits per heavy atom. The number of rotatable bonds is 6. The van der Waals surface area contributed by atoms with E-state index in [0.717, 1.165) is 70.4 Å².